The molecule has 178 valence electrons. The lowest BCUT2D eigenvalue weighted by Gasteiger charge is -2.12. The van der Waals surface area contributed by atoms with Crippen LogP contribution in [-0.2, 0) is 4.79 Å². The zero-order valence-corrected chi connectivity index (χ0v) is 19.8. The number of thiophene rings is 1. The SMILES string of the molecule is O=C(Nc1ccc(C(=O)/C=C/c2cccs2)cc1)/C(=C/c1ccccc1F)NC(=O)c1ccccc1. The van der Waals surface area contributed by atoms with Crippen molar-refractivity contribution in [1.29, 1.82) is 0 Å². The molecule has 4 rings (SSSR count). The van der Waals surface area contributed by atoms with Gasteiger partial charge in [-0.1, -0.05) is 42.5 Å². The molecule has 0 fully saturated rings. The van der Waals surface area contributed by atoms with E-state index in [4.69, 9.17) is 0 Å². The van der Waals surface area contributed by atoms with E-state index < -0.39 is 17.6 Å². The molecule has 2 amide bonds. The number of amides is 2. The molecule has 4 aromatic rings. The van der Waals surface area contributed by atoms with Crippen LogP contribution in [-0.4, -0.2) is 17.6 Å². The standard InChI is InChI=1S/C29H21FN2O3S/c30-25-11-5-4-9-22(25)19-26(32-28(34)21-7-2-1-3-8-21)29(35)31-23-14-12-20(13-15-23)27(33)17-16-24-10-6-18-36-24/h1-19H,(H,31,35)(H,32,34)/b17-16+,26-19-. The minimum absolute atomic E-state index is 0.131. The van der Waals surface area contributed by atoms with Gasteiger partial charge in [-0.3, -0.25) is 14.4 Å². The molecular weight excluding hydrogens is 475 g/mol. The monoisotopic (exact) mass is 496 g/mol. The molecule has 0 spiro atoms. The van der Waals surface area contributed by atoms with Crippen LogP contribution in [0.25, 0.3) is 12.2 Å². The molecule has 2 N–H and O–H groups in total. The van der Waals surface area contributed by atoms with Crippen LogP contribution in [0.5, 0.6) is 0 Å². The fraction of sp³-hybridized carbons (Fsp3) is 0. The Morgan fingerprint density at radius 1 is 0.778 bits per heavy atom. The number of ketones is 1. The Morgan fingerprint density at radius 2 is 1.50 bits per heavy atom. The van der Waals surface area contributed by atoms with Gasteiger partial charge < -0.3 is 10.6 Å². The van der Waals surface area contributed by atoms with Gasteiger partial charge in [0.25, 0.3) is 11.8 Å². The number of anilines is 1. The highest BCUT2D eigenvalue weighted by atomic mass is 32.1. The zero-order valence-electron chi connectivity index (χ0n) is 19.0. The van der Waals surface area contributed by atoms with Crippen molar-refractivity contribution in [3.8, 4) is 0 Å². The maximum Gasteiger partial charge on any atom is 0.272 e. The maximum atomic E-state index is 14.2. The van der Waals surface area contributed by atoms with Crippen molar-refractivity contribution in [3.05, 3.63) is 136 Å². The second-order valence-corrected chi connectivity index (χ2v) is 8.62. The van der Waals surface area contributed by atoms with E-state index in [9.17, 15) is 18.8 Å². The van der Waals surface area contributed by atoms with E-state index in [2.05, 4.69) is 10.6 Å². The van der Waals surface area contributed by atoms with Crippen LogP contribution >= 0.6 is 11.3 Å². The van der Waals surface area contributed by atoms with Gasteiger partial charge in [-0.05, 0) is 72.1 Å². The highest BCUT2D eigenvalue weighted by Gasteiger charge is 2.16. The first-order valence-electron chi connectivity index (χ1n) is 11.0. The van der Waals surface area contributed by atoms with Crippen LogP contribution in [0.3, 0.4) is 0 Å². The number of rotatable bonds is 8. The molecule has 3 aromatic carbocycles. The van der Waals surface area contributed by atoms with Gasteiger partial charge in [-0.25, -0.2) is 4.39 Å². The van der Waals surface area contributed by atoms with Crippen LogP contribution < -0.4 is 10.6 Å². The average Bonchev–Trinajstić information content (AvgIpc) is 3.43. The molecule has 0 saturated carbocycles. The van der Waals surface area contributed by atoms with Crippen molar-refractivity contribution < 1.29 is 18.8 Å². The third kappa shape index (κ3) is 6.49. The third-order valence-electron chi connectivity index (χ3n) is 5.10. The number of halogens is 1. The number of carbonyl (C=O) groups is 3. The lowest BCUT2D eigenvalue weighted by molar-refractivity contribution is -0.113. The molecule has 1 aromatic heterocycles. The van der Waals surface area contributed by atoms with Crippen LogP contribution in [0, 0.1) is 5.82 Å². The van der Waals surface area contributed by atoms with Crippen molar-refractivity contribution in [3.63, 3.8) is 0 Å². The van der Waals surface area contributed by atoms with Gasteiger partial charge in [-0.2, -0.15) is 0 Å². The summed E-state index contributed by atoms with van der Waals surface area (Å²) >= 11 is 1.53. The second kappa shape index (κ2) is 11.7. The minimum atomic E-state index is -0.640. The Morgan fingerprint density at radius 3 is 2.19 bits per heavy atom. The molecule has 1 heterocycles. The summed E-state index contributed by atoms with van der Waals surface area (Å²) < 4.78 is 14.2. The molecule has 0 aliphatic heterocycles. The molecule has 0 saturated heterocycles. The van der Waals surface area contributed by atoms with Crippen molar-refractivity contribution in [1.82, 2.24) is 5.32 Å². The van der Waals surface area contributed by atoms with Gasteiger partial charge >= 0.3 is 0 Å². The number of nitrogens with one attached hydrogen (secondary N) is 2. The fourth-order valence-electron chi connectivity index (χ4n) is 3.25. The summed E-state index contributed by atoms with van der Waals surface area (Å²) in [7, 11) is 0. The summed E-state index contributed by atoms with van der Waals surface area (Å²) in [5.41, 5.74) is 1.23. The molecule has 0 unspecified atom stereocenters. The van der Waals surface area contributed by atoms with Crippen molar-refractivity contribution in [2.75, 3.05) is 5.32 Å². The van der Waals surface area contributed by atoms with Crippen LogP contribution in [0.1, 0.15) is 31.2 Å². The lowest BCUT2D eigenvalue weighted by Crippen LogP contribution is -2.30. The van der Waals surface area contributed by atoms with E-state index >= 15 is 0 Å². The first kappa shape index (κ1) is 24.5. The number of carbonyl (C=O) groups excluding carboxylic acids is 3. The van der Waals surface area contributed by atoms with Crippen molar-refractivity contribution in [2.24, 2.45) is 0 Å². The van der Waals surface area contributed by atoms with Crippen LogP contribution in [0.2, 0.25) is 0 Å². The summed E-state index contributed by atoms with van der Waals surface area (Å²) in [6, 6.07) is 24.5. The van der Waals surface area contributed by atoms with Crippen LogP contribution in [0.15, 0.2) is 108 Å². The molecular formula is C29H21FN2O3S. The molecule has 0 atom stereocenters. The molecule has 0 bridgehead atoms. The van der Waals surface area contributed by atoms with Gasteiger partial charge in [0.1, 0.15) is 11.5 Å². The normalized spacial score (nSPS) is 11.3. The van der Waals surface area contributed by atoms with E-state index in [0.29, 0.717) is 16.8 Å². The first-order valence-corrected chi connectivity index (χ1v) is 11.9. The number of hydrogen-bond donors (Lipinski definition) is 2. The summed E-state index contributed by atoms with van der Waals surface area (Å²) in [5.74, 6) is -1.85. The molecule has 0 radical (unpaired) electrons. The number of hydrogen-bond acceptors (Lipinski definition) is 4. The quantitative estimate of drug-likeness (QED) is 0.226. The second-order valence-electron chi connectivity index (χ2n) is 7.64. The van der Waals surface area contributed by atoms with Crippen molar-refractivity contribution in [2.45, 2.75) is 0 Å². The van der Waals surface area contributed by atoms with E-state index in [1.807, 2.05) is 17.5 Å². The average molecular weight is 497 g/mol. The van der Waals surface area contributed by atoms with Gasteiger partial charge in [0.2, 0.25) is 0 Å². The Bertz CT molecular complexity index is 1430. The highest BCUT2D eigenvalue weighted by Crippen LogP contribution is 2.16. The van der Waals surface area contributed by atoms with E-state index in [-0.39, 0.29) is 17.0 Å². The summed E-state index contributed by atoms with van der Waals surface area (Å²) in [6.45, 7) is 0. The number of allylic oxidation sites excluding steroid dienone is 1. The van der Waals surface area contributed by atoms with Gasteiger partial charge in [0, 0.05) is 27.3 Å². The minimum Gasteiger partial charge on any atom is -0.321 e. The Kier molecular flexibility index (Phi) is 7.95. The van der Waals surface area contributed by atoms with Gasteiger partial charge in [0.15, 0.2) is 5.78 Å². The van der Waals surface area contributed by atoms with Gasteiger partial charge in [-0.15, -0.1) is 11.3 Å². The smallest absolute Gasteiger partial charge is 0.272 e. The Balaban J connectivity index is 1.51. The van der Waals surface area contributed by atoms with E-state index in [0.717, 1.165) is 4.88 Å². The fourth-order valence-corrected chi connectivity index (χ4v) is 3.86. The molecule has 0 aliphatic rings. The predicted octanol–water partition coefficient (Wildman–Crippen LogP) is 6.19. The van der Waals surface area contributed by atoms with Crippen LogP contribution in [0.4, 0.5) is 10.1 Å². The van der Waals surface area contributed by atoms with E-state index in [1.165, 1.54) is 41.7 Å². The maximum absolute atomic E-state index is 14.2. The summed E-state index contributed by atoms with van der Waals surface area (Å²) in [4.78, 5) is 39.1. The molecule has 36 heavy (non-hydrogen) atoms. The predicted molar refractivity (Wildman–Crippen MR) is 141 cm³/mol. The Hall–Kier alpha value is -4.62. The summed E-state index contributed by atoms with van der Waals surface area (Å²) in [5, 5.41) is 7.19. The molecule has 7 heteroatoms. The Labute approximate surface area is 211 Å². The highest BCUT2D eigenvalue weighted by molar-refractivity contribution is 7.10. The first-order chi connectivity index (χ1) is 17.5. The van der Waals surface area contributed by atoms with E-state index in [1.54, 1.807) is 66.7 Å². The van der Waals surface area contributed by atoms with Gasteiger partial charge in [0.05, 0.1) is 0 Å². The lowest BCUT2D eigenvalue weighted by atomic mass is 10.1. The topological polar surface area (TPSA) is 75.3 Å². The molecule has 0 aliphatic carbocycles. The third-order valence-corrected chi connectivity index (χ3v) is 5.94. The largest absolute Gasteiger partial charge is 0.321 e. The number of benzene rings is 3. The summed E-state index contributed by atoms with van der Waals surface area (Å²) in [6.07, 6.45) is 4.52. The van der Waals surface area contributed by atoms with Crippen molar-refractivity contribution >= 4 is 46.8 Å². The zero-order chi connectivity index (χ0) is 25.3. The molecule has 5 nitrogen and oxygen atoms in total.